The molecule has 5 nitrogen and oxygen atoms in total. The zero-order valence-corrected chi connectivity index (χ0v) is 40.4. The summed E-state index contributed by atoms with van der Waals surface area (Å²) in [6.07, 6.45) is 22.8. The molecule has 0 amide bonds. The molecule has 1 aliphatic heterocycles. The van der Waals surface area contributed by atoms with Crippen LogP contribution in [0.1, 0.15) is 73.9 Å². The average molecular weight is 932 g/mol. The van der Waals surface area contributed by atoms with Crippen molar-refractivity contribution in [3.8, 4) is 22.3 Å². The van der Waals surface area contributed by atoms with Crippen LogP contribution in [0.4, 0.5) is 0 Å². The quantitative estimate of drug-likeness (QED) is 0.152. The monoisotopic (exact) mass is 931 g/mol. The smallest absolute Gasteiger partial charge is 0.159 e. The molecular weight excluding hydrogens is 879 g/mol. The standard InChI is InChI=1S/C67H53N3O2/c1-2-42-41-57(46-33-31-45(32-34-46)43-17-6-3-7-18-43)68-67(69-64(42)47-21-10-5-11-22-47)54-27-15-25-52-56-40-49(36-38-61(56)71-66(52)54)50-24-14-26-53-63-60(29-16-30-62(63)72-65(50)53)70-58-28-13-12-23-51(58)55-39-48(35-37-59(55)70)44-19-8-4-9-20-44/h3-15,17,19-29,31,33,35-40,42-43,64H,2,16,18,30,32,34,41H2,1H3. The molecule has 0 saturated carbocycles. The van der Waals surface area contributed by atoms with Gasteiger partial charge in [-0.2, -0.15) is 0 Å². The van der Waals surface area contributed by atoms with Gasteiger partial charge in [0, 0.05) is 56.1 Å². The van der Waals surface area contributed by atoms with Crippen molar-refractivity contribution in [3.63, 3.8) is 0 Å². The molecule has 3 unspecified atom stereocenters. The number of benzene rings is 7. The van der Waals surface area contributed by atoms with Crippen molar-refractivity contribution in [2.45, 2.75) is 57.9 Å². The van der Waals surface area contributed by atoms with Crippen LogP contribution in [0.15, 0.2) is 230 Å². The molecule has 348 valence electrons. The summed E-state index contributed by atoms with van der Waals surface area (Å²) in [6.45, 7) is 2.30. The van der Waals surface area contributed by atoms with Gasteiger partial charge in [-0.1, -0.05) is 183 Å². The topological polar surface area (TPSA) is 55.9 Å². The number of furan rings is 2. The minimum absolute atomic E-state index is 0.0365. The number of para-hydroxylation sites is 3. The molecule has 0 spiro atoms. The van der Waals surface area contributed by atoms with Crippen LogP contribution in [0.2, 0.25) is 0 Å². The summed E-state index contributed by atoms with van der Waals surface area (Å²) in [7, 11) is 0. The predicted molar refractivity (Wildman–Crippen MR) is 299 cm³/mol. The van der Waals surface area contributed by atoms with E-state index in [1.807, 2.05) is 0 Å². The molecule has 4 heterocycles. The lowest BCUT2D eigenvalue weighted by Crippen LogP contribution is -2.16. The predicted octanol–water partition coefficient (Wildman–Crippen LogP) is 17.7. The largest absolute Gasteiger partial charge is 0.460 e. The summed E-state index contributed by atoms with van der Waals surface area (Å²) in [4.78, 5) is 11.2. The Balaban J connectivity index is 0.867. The van der Waals surface area contributed by atoms with Gasteiger partial charge in [-0.15, -0.1) is 0 Å². The van der Waals surface area contributed by atoms with Crippen LogP contribution < -0.4 is 0 Å². The molecule has 5 heteroatoms. The summed E-state index contributed by atoms with van der Waals surface area (Å²) in [5.41, 5.74) is 18.0. The third-order valence-corrected chi connectivity index (χ3v) is 15.9. The number of rotatable bonds is 8. The number of aromatic nitrogens is 1. The summed E-state index contributed by atoms with van der Waals surface area (Å²) in [6, 6.07) is 56.8. The van der Waals surface area contributed by atoms with E-state index < -0.39 is 0 Å². The van der Waals surface area contributed by atoms with E-state index in [2.05, 4.69) is 212 Å². The molecule has 7 aromatic carbocycles. The lowest BCUT2D eigenvalue weighted by molar-refractivity contribution is 0.437. The molecule has 4 aliphatic rings. The second kappa shape index (κ2) is 17.5. The third-order valence-electron chi connectivity index (χ3n) is 15.9. The van der Waals surface area contributed by atoms with Gasteiger partial charge >= 0.3 is 0 Å². The molecule has 72 heavy (non-hydrogen) atoms. The van der Waals surface area contributed by atoms with Crippen molar-refractivity contribution in [1.29, 1.82) is 0 Å². The van der Waals surface area contributed by atoms with E-state index in [-0.39, 0.29) is 6.04 Å². The lowest BCUT2D eigenvalue weighted by atomic mass is 9.81. The molecule has 0 radical (unpaired) electrons. The Labute approximate surface area is 419 Å². The maximum Gasteiger partial charge on any atom is 0.159 e. The number of amidine groups is 1. The molecule has 3 aromatic heterocycles. The number of aryl methyl sites for hydroxylation is 1. The first-order chi connectivity index (χ1) is 35.6. The first-order valence-electron chi connectivity index (χ1n) is 25.9. The fourth-order valence-electron chi connectivity index (χ4n) is 12.2. The number of allylic oxidation sites excluding steroid dienone is 9. The van der Waals surface area contributed by atoms with Crippen molar-refractivity contribution in [2.75, 3.05) is 0 Å². The number of hydrogen-bond donors (Lipinski definition) is 0. The Morgan fingerprint density at radius 3 is 2.21 bits per heavy atom. The Kier molecular flexibility index (Phi) is 10.4. The van der Waals surface area contributed by atoms with Crippen LogP contribution >= 0.6 is 0 Å². The van der Waals surface area contributed by atoms with E-state index in [0.29, 0.717) is 11.8 Å². The van der Waals surface area contributed by atoms with Crippen molar-refractivity contribution in [3.05, 3.63) is 234 Å². The van der Waals surface area contributed by atoms with Gasteiger partial charge in [-0.3, -0.25) is 4.99 Å². The van der Waals surface area contributed by atoms with Crippen LogP contribution in [0, 0.1) is 11.8 Å². The van der Waals surface area contributed by atoms with Crippen molar-refractivity contribution in [1.82, 2.24) is 4.57 Å². The Bertz CT molecular complexity index is 4030. The van der Waals surface area contributed by atoms with Gasteiger partial charge in [-0.05, 0) is 102 Å². The Hall–Kier alpha value is -8.28. The molecule has 0 fully saturated rings. The highest BCUT2D eigenvalue weighted by molar-refractivity contribution is 6.20. The fraction of sp³-hybridized carbons (Fsp3) is 0.164. The molecule has 10 aromatic rings. The van der Waals surface area contributed by atoms with E-state index in [0.717, 1.165) is 112 Å². The van der Waals surface area contributed by atoms with Gasteiger partial charge in [0.05, 0.1) is 28.3 Å². The normalized spacial score (nSPS) is 19.1. The second-order valence-corrected chi connectivity index (χ2v) is 20.0. The maximum atomic E-state index is 7.04. The highest BCUT2D eigenvalue weighted by atomic mass is 16.3. The number of hydrogen-bond acceptors (Lipinski definition) is 4. The summed E-state index contributed by atoms with van der Waals surface area (Å²) < 4.78 is 16.4. The lowest BCUT2D eigenvalue weighted by Gasteiger charge is -2.24. The van der Waals surface area contributed by atoms with Gasteiger partial charge in [0.15, 0.2) is 5.84 Å². The van der Waals surface area contributed by atoms with Crippen LogP contribution in [0.5, 0.6) is 0 Å². The van der Waals surface area contributed by atoms with E-state index in [1.54, 1.807) is 0 Å². The van der Waals surface area contributed by atoms with Crippen LogP contribution in [-0.2, 0) is 6.42 Å². The molecule has 3 atom stereocenters. The summed E-state index contributed by atoms with van der Waals surface area (Å²) >= 11 is 0. The summed E-state index contributed by atoms with van der Waals surface area (Å²) in [5.74, 6) is 2.55. The molecule has 0 bridgehead atoms. The minimum Gasteiger partial charge on any atom is -0.460 e. The van der Waals surface area contributed by atoms with Gasteiger partial charge < -0.3 is 13.4 Å². The number of aliphatic imine (C=N–C) groups is 2. The maximum absolute atomic E-state index is 7.04. The molecule has 3 aliphatic carbocycles. The van der Waals surface area contributed by atoms with E-state index >= 15 is 0 Å². The summed E-state index contributed by atoms with van der Waals surface area (Å²) in [5, 5.41) is 5.72. The van der Waals surface area contributed by atoms with Crippen LogP contribution in [0.3, 0.4) is 0 Å². The molecule has 0 saturated heterocycles. The zero-order valence-electron chi connectivity index (χ0n) is 40.4. The van der Waals surface area contributed by atoms with E-state index in [4.69, 9.17) is 18.8 Å². The second-order valence-electron chi connectivity index (χ2n) is 20.0. The molecule has 14 rings (SSSR count). The van der Waals surface area contributed by atoms with Crippen LogP contribution in [-0.4, -0.2) is 16.1 Å². The van der Waals surface area contributed by atoms with Crippen molar-refractivity contribution in [2.24, 2.45) is 21.8 Å². The van der Waals surface area contributed by atoms with Gasteiger partial charge in [0.1, 0.15) is 22.5 Å². The molecule has 0 N–H and O–H groups in total. The van der Waals surface area contributed by atoms with Crippen molar-refractivity contribution >= 4 is 72.0 Å². The molecular formula is C67H53N3O2. The van der Waals surface area contributed by atoms with E-state index in [1.165, 1.54) is 60.9 Å². The number of nitrogens with zero attached hydrogens (tertiary/aromatic N) is 3. The van der Waals surface area contributed by atoms with Gasteiger partial charge in [0.25, 0.3) is 0 Å². The highest BCUT2D eigenvalue weighted by Gasteiger charge is 2.31. The Morgan fingerprint density at radius 2 is 1.38 bits per heavy atom. The highest BCUT2D eigenvalue weighted by Crippen LogP contribution is 2.46. The van der Waals surface area contributed by atoms with Crippen LogP contribution in [0.25, 0.3) is 82.7 Å². The fourth-order valence-corrected chi connectivity index (χ4v) is 12.2. The first kappa shape index (κ1) is 42.6. The zero-order chi connectivity index (χ0) is 47.7. The van der Waals surface area contributed by atoms with Gasteiger partial charge in [-0.25, -0.2) is 4.99 Å². The van der Waals surface area contributed by atoms with Crippen molar-refractivity contribution < 1.29 is 8.83 Å². The van der Waals surface area contributed by atoms with Gasteiger partial charge in [0.2, 0.25) is 0 Å². The minimum atomic E-state index is -0.0365. The Morgan fingerprint density at radius 1 is 0.611 bits per heavy atom. The SMILES string of the molecule is CCC1CC(C2=CC=C(C3C=CC=CC3)CC2)=NC(c2cccc3c2oc2ccc(-c4cccc5c6c(oc45)CCC=C6n4c5ccccc5c5cc(-c6ccccc6)ccc54)cc23)=NC1c1ccccc1. The first-order valence-corrected chi connectivity index (χ1v) is 25.9. The average Bonchev–Trinajstić information content (AvgIpc) is 4.08. The third kappa shape index (κ3) is 7.12. The van der Waals surface area contributed by atoms with E-state index in [9.17, 15) is 0 Å². The number of fused-ring (bicyclic) bond motifs is 9.